The smallest absolute Gasteiger partial charge is 0.266 e. The van der Waals surface area contributed by atoms with E-state index >= 15 is 0 Å². The summed E-state index contributed by atoms with van der Waals surface area (Å²) in [5.74, 6) is 0.967. The first-order valence-corrected chi connectivity index (χ1v) is 9.20. The monoisotopic (exact) mass is 358 g/mol. The lowest BCUT2D eigenvalue weighted by Gasteiger charge is -2.18. The molecule has 0 aliphatic heterocycles. The van der Waals surface area contributed by atoms with Gasteiger partial charge in [-0.1, -0.05) is 44.2 Å². The molecular weight excluding hydrogens is 336 g/mol. The van der Waals surface area contributed by atoms with Crippen molar-refractivity contribution in [2.75, 3.05) is 0 Å². The molecule has 0 bridgehead atoms. The van der Waals surface area contributed by atoms with E-state index in [2.05, 4.69) is 18.9 Å². The molecule has 4 aromatic rings. The zero-order valence-corrected chi connectivity index (χ0v) is 15.8. The Bertz CT molecular complexity index is 1160. The summed E-state index contributed by atoms with van der Waals surface area (Å²) in [6.07, 6.45) is 4.61. The first kappa shape index (κ1) is 17.2. The number of hydrogen-bond donors (Lipinski definition) is 0. The quantitative estimate of drug-likeness (QED) is 0.546. The van der Waals surface area contributed by atoms with Gasteiger partial charge in [-0.15, -0.1) is 0 Å². The lowest BCUT2D eigenvalue weighted by atomic mass is 10.0. The van der Waals surface area contributed by atoms with Gasteiger partial charge < -0.3 is 0 Å². The van der Waals surface area contributed by atoms with Crippen molar-refractivity contribution in [3.8, 4) is 16.8 Å². The Morgan fingerprint density at radius 3 is 2.52 bits per heavy atom. The van der Waals surface area contributed by atoms with Crippen LogP contribution in [0.3, 0.4) is 0 Å². The third kappa shape index (κ3) is 2.95. The highest BCUT2D eigenvalue weighted by atomic mass is 16.1. The van der Waals surface area contributed by atoms with Gasteiger partial charge in [0.25, 0.3) is 5.56 Å². The number of nitrogens with zero attached hydrogens (tertiary/aromatic N) is 4. The van der Waals surface area contributed by atoms with Gasteiger partial charge in [0.1, 0.15) is 5.82 Å². The van der Waals surface area contributed by atoms with Crippen LogP contribution in [-0.2, 0) is 7.05 Å². The van der Waals surface area contributed by atoms with Gasteiger partial charge in [-0.05, 0) is 30.2 Å². The van der Waals surface area contributed by atoms with Crippen LogP contribution in [0.5, 0.6) is 0 Å². The molecule has 0 radical (unpaired) electrons. The normalized spacial score (nSPS) is 12.4. The van der Waals surface area contributed by atoms with Crippen molar-refractivity contribution >= 4 is 10.9 Å². The molecule has 27 heavy (non-hydrogen) atoms. The molecule has 1 atom stereocenters. The van der Waals surface area contributed by atoms with E-state index in [0.29, 0.717) is 5.39 Å². The van der Waals surface area contributed by atoms with Gasteiger partial charge in [0.15, 0.2) is 0 Å². The summed E-state index contributed by atoms with van der Waals surface area (Å²) in [5, 5.41) is 4.88. The molecule has 0 spiro atoms. The highest BCUT2D eigenvalue weighted by Gasteiger charge is 2.19. The van der Waals surface area contributed by atoms with Crippen LogP contribution in [0.25, 0.3) is 27.7 Å². The average molecular weight is 358 g/mol. The summed E-state index contributed by atoms with van der Waals surface area (Å²) < 4.78 is 3.50. The minimum Gasteiger partial charge on any atom is -0.275 e. The van der Waals surface area contributed by atoms with E-state index in [4.69, 9.17) is 4.98 Å². The van der Waals surface area contributed by atoms with Crippen LogP contribution in [0.2, 0.25) is 0 Å². The Morgan fingerprint density at radius 2 is 1.85 bits per heavy atom. The van der Waals surface area contributed by atoms with E-state index in [1.165, 1.54) is 0 Å². The molecule has 2 aromatic heterocycles. The summed E-state index contributed by atoms with van der Waals surface area (Å²) in [7, 11) is 1.87. The highest BCUT2D eigenvalue weighted by molar-refractivity contribution is 5.94. The number of aromatic nitrogens is 4. The van der Waals surface area contributed by atoms with E-state index in [9.17, 15) is 4.79 Å². The van der Waals surface area contributed by atoms with Crippen LogP contribution in [0.1, 0.15) is 32.0 Å². The maximum absolute atomic E-state index is 13.7. The van der Waals surface area contributed by atoms with Gasteiger partial charge in [-0.25, -0.2) is 4.98 Å². The molecule has 0 aliphatic rings. The number of para-hydroxylation sites is 1. The van der Waals surface area contributed by atoms with Crippen molar-refractivity contribution in [2.45, 2.75) is 26.2 Å². The third-order valence-corrected chi connectivity index (χ3v) is 5.01. The number of fused-ring (bicyclic) bond motifs is 1. The molecule has 5 heteroatoms. The first-order chi connectivity index (χ1) is 13.1. The molecule has 2 aromatic carbocycles. The second-order valence-electron chi connectivity index (χ2n) is 6.86. The lowest BCUT2D eigenvalue weighted by Crippen LogP contribution is -2.25. The number of hydrogen-bond acceptors (Lipinski definition) is 3. The van der Waals surface area contributed by atoms with Gasteiger partial charge in [0, 0.05) is 24.7 Å². The molecule has 136 valence electrons. The van der Waals surface area contributed by atoms with Crippen molar-refractivity contribution in [1.82, 2.24) is 19.3 Å². The van der Waals surface area contributed by atoms with Gasteiger partial charge in [-0.2, -0.15) is 5.10 Å². The second kappa shape index (κ2) is 6.83. The molecule has 2 heterocycles. The molecular formula is C22H22N4O. The van der Waals surface area contributed by atoms with Gasteiger partial charge in [0.05, 0.1) is 22.8 Å². The zero-order chi connectivity index (χ0) is 19.0. The van der Waals surface area contributed by atoms with Crippen LogP contribution in [0.15, 0.2) is 65.7 Å². The zero-order valence-electron chi connectivity index (χ0n) is 15.8. The van der Waals surface area contributed by atoms with E-state index in [0.717, 1.165) is 34.6 Å². The van der Waals surface area contributed by atoms with Gasteiger partial charge in [0.2, 0.25) is 0 Å². The summed E-state index contributed by atoms with van der Waals surface area (Å²) in [5.41, 5.74) is 3.30. The lowest BCUT2D eigenvalue weighted by molar-refractivity contribution is 0.649. The number of rotatable bonds is 4. The van der Waals surface area contributed by atoms with E-state index < -0.39 is 0 Å². The van der Waals surface area contributed by atoms with Crippen molar-refractivity contribution < 1.29 is 0 Å². The van der Waals surface area contributed by atoms with Crippen LogP contribution in [0, 0.1) is 0 Å². The minimum absolute atomic E-state index is 0.0408. The van der Waals surface area contributed by atoms with Crippen molar-refractivity contribution in [3.63, 3.8) is 0 Å². The Morgan fingerprint density at radius 1 is 1.07 bits per heavy atom. The van der Waals surface area contributed by atoms with Crippen LogP contribution >= 0.6 is 0 Å². The molecule has 4 rings (SSSR count). The maximum atomic E-state index is 13.7. The predicted octanol–water partition coefficient (Wildman–Crippen LogP) is 4.30. The van der Waals surface area contributed by atoms with Gasteiger partial charge in [-0.3, -0.25) is 14.0 Å². The molecule has 0 unspecified atom stereocenters. The molecule has 0 aliphatic carbocycles. The average Bonchev–Trinajstić information content (AvgIpc) is 3.13. The highest BCUT2D eigenvalue weighted by Crippen LogP contribution is 2.28. The SMILES string of the molecule is CC[C@@H](C)c1nc2cccc(-c3cnn(C)c3)c2c(=O)n1-c1ccccc1. The summed E-state index contributed by atoms with van der Waals surface area (Å²) in [6, 6.07) is 15.6. The van der Waals surface area contributed by atoms with E-state index in [1.807, 2.05) is 61.8 Å². The van der Waals surface area contributed by atoms with Crippen LogP contribution in [-0.4, -0.2) is 19.3 Å². The summed E-state index contributed by atoms with van der Waals surface area (Å²) >= 11 is 0. The molecule has 0 saturated heterocycles. The number of aryl methyl sites for hydroxylation is 1. The van der Waals surface area contributed by atoms with Gasteiger partial charge >= 0.3 is 0 Å². The molecule has 0 amide bonds. The maximum Gasteiger partial charge on any atom is 0.266 e. The van der Waals surface area contributed by atoms with Crippen LogP contribution < -0.4 is 5.56 Å². The van der Waals surface area contributed by atoms with Crippen molar-refractivity contribution in [1.29, 1.82) is 0 Å². The number of benzene rings is 2. The van der Waals surface area contributed by atoms with E-state index in [-0.39, 0.29) is 11.5 Å². The standard InChI is InChI=1S/C22H22N4O/c1-4-15(2)21-24-19-12-8-11-18(16-13-23-25(3)14-16)20(19)22(27)26(21)17-9-6-5-7-10-17/h5-15H,4H2,1-3H3/t15-/m1/s1. The Hall–Kier alpha value is -3.21. The van der Waals surface area contributed by atoms with Crippen LogP contribution in [0.4, 0.5) is 0 Å². The Balaban J connectivity index is 2.11. The molecule has 0 saturated carbocycles. The topological polar surface area (TPSA) is 52.7 Å². The van der Waals surface area contributed by atoms with Crippen molar-refractivity contribution in [2.24, 2.45) is 7.05 Å². The second-order valence-corrected chi connectivity index (χ2v) is 6.86. The summed E-state index contributed by atoms with van der Waals surface area (Å²) in [6.45, 7) is 4.22. The minimum atomic E-state index is -0.0408. The third-order valence-electron chi connectivity index (χ3n) is 5.01. The Labute approximate surface area is 157 Å². The first-order valence-electron chi connectivity index (χ1n) is 9.20. The fraction of sp³-hybridized carbons (Fsp3) is 0.227. The largest absolute Gasteiger partial charge is 0.275 e. The van der Waals surface area contributed by atoms with Crippen molar-refractivity contribution in [3.05, 3.63) is 77.1 Å². The molecule has 0 N–H and O–H groups in total. The van der Waals surface area contributed by atoms with E-state index in [1.54, 1.807) is 15.4 Å². The Kier molecular flexibility index (Phi) is 4.36. The predicted molar refractivity (Wildman–Crippen MR) is 108 cm³/mol. The fourth-order valence-corrected chi connectivity index (χ4v) is 3.39. The molecule has 0 fully saturated rings. The summed E-state index contributed by atoms with van der Waals surface area (Å²) in [4.78, 5) is 18.6. The molecule has 5 nitrogen and oxygen atoms in total. The fourth-order valence-electron chi connectivity index (χ4n) is 3.39.